The lowest BCUT2D eigenvalue weighted by molar-refractivity contribution is 0.200. The summed E-state index contributed by atoms with van der Waals surface area (Å²) in [5.41, 5.74) is 1.19. The van der Waals surface area contributed by atoms with Crippen LogP contribution in [0.15, 0.2) is 24.3 Å². The number of aliphatic hydroxyl groups excluding tert-OH is 1. The summed E-state index contributed by atoms with van der Waals surface area (Å²) < 4.78 is 5.40. The summed E-state index contributed by atoms with van der Waals surface area (Å²) in [6.07, 6.45) is 0. The Hall–Kier alpha value is -1.02. The third-order valence-electron chi connectivity index (χ3n) is 1.89. The minimum absolute atomic E-state index is 0.0619. The smallest absolute Gasteiger partial charge is 0.122 e. The molecule has 0 aliphatic heterocycles. The van der Waals surface area contributed by atoms with E-state index in [2.05, 4.69) is 19.9 Å². The fraction of sp³-hybridized carbons (Fsp3) is 0.455. The fourth-order valence-electron chi connectivity index (χ4n) is 1.24. The van der Waals surface area contributed by atoms with Gasteiger partial charge in [0.05, 0.1) is 6.61 Å². The summed E-state index contributed by atoms with van der Waals surface area (Å²) in [6.45, 7) is 4.68. The van der Waals surface area contributed by atoms with E-state index in [-0.39, 0.29) is 6.61 Å². The van der Waals surface area contributed by atoms with Gasteiger partial charge in [0.15, 0.2) is 0 Å². The zero-order valence-corrected chi connectivity index (χ0v) is 8.16. The van der Waals surface area contributed by atoms with Crippen molar-refractivity contribution < 1.29 is 9.84 Å². The highest BCUT2D eigenvalue weighted by Gasteiger charge is 2.05. The summed E-state index contributed by atoms with van der Waals surface area (Å²) >= 11 is 0. The van der Waals surface area contributed by atoms with Crippen LogP contribution in [0.5, 0.6) is 5.75 Å². The molecule has 0 radical (unpaired) electrons. The Balaban J connectivity index is 2.78. The summed E-state index contributed by atoms with van der Waals surface area (Å²) in [5.74, 6) is 1.33. The molecule has 0 spiro atoms. The average molecular weight is 180 g/mol. The highest BCUT2D eigenvalue weighted by Crippen LogP contribution is 2.25. The van der Waals surface area contributed by atoms with E-state index in [1.165, 1.54) is 5.56 Å². The van der Waals surface area contributed by atoms with Gasteiger partial charge in [0.25, 0.3) is 0 Å². The second kappa shape index (κ2) is 4.87. The van der Waals surface area contributed by atoms with Gasteiger partial charge in [0.1, 0.15) is 12.4 Å². The second-order valence-corrected chi connectivity index (χ2v) is 3.26. The molecule has 1 aromatic rings. The van der Waals surface area contributed by atoms with Crippen LogP contribution in [0.2, 0.25) is 0 Å². The molecule has 2 heteroatoms. The Morgan fingerprint density at radius 1 is 1.31 bits per heavy atom. The molecule has 1 N–H and O–H groups in total. The Labute approximate surface area is 79.2 Å². The minimum atomic E-state index is 0.0619. The first-order valence-electron chi connectivity index (χ1n) is 4.58. The zero-order chi connectivity index (χ0) is 9.68. The second-order valence-electron chi connectivity index (χ2n) is 3.26. The number of benzene rings is 1. The highest BCUT2D eigenvalue weighted by atomic mass is 16.5. The van der Waals surface area contributed by atoms with Crippen molar-refractivity contribution in [3.63, 3.8) is 0 Å². The Bertz CT molecular complexity index is 256. The summed E-state index contributed by atoms with van der Waals surface area (Å²) in [7, 11) is 0. The van der Waals surface area contributed by atoms with Gasteiger partial charge in [-0.3, -0.25) is 0 Å². The van der Waals surface area contributed by atoms with Crippen molar-refractivity contribution in [2.24, 2.45) is 0 Å². The van der Waals surface area contributed by atoms with Crippen LogP contribution in [0.25, 0.3) is 0 Å². The predicted molar refractivity (Wildman–Crippen MR) is 53.1 cm³/mol. The molecule has 0 bridgehead atoms. The van der Waals surface area contributed by atoms with Crippen LogP contribution in [0.1, 0.15) is 25.3 Å². The number of rotatable bonds is 4. The molecule has 0 aliphatic carbocycles. The largest absolute Gasteiger partial charge is 0.491 e. The lowest BCUT2D eigenvalue weighted by atomic mass is 10.0. The van der Waals surface area contributed by atoms with Gasteiger partial charge in [0.2, 0.25) is 0 Å². The Morgan fingerprint density at radius 2 is 2.00 bits per heavy atom. The molecule has 72 valence electrons. The van der Waals surface area contributed by atoms with Crippen LogP contribution in [-0.4, -0.2) is 18.3 Å². The van der Waals surface area contributed by atoms with Gasteiger partial charge >= 0.3 is 0 Å². The summed E-state index contributed by atoms with van der Waals surface area (Å²) in [4.78, 5) is 0. The summed E-state index contributed by atoms with van der Waals surface area (Å²) in [5, 5.41) is 8.63. The number of ether oxygens (including phenoxy) is 1. The molecular weight excluding hydrogens is 164 g/mol. The van der Waals surface area contributed by atoms with E-state index in [0.29, 0.717) is 12.5 Å². The van der Waals surface area contributed by atoms with E-state index >= 15 is 0 Å². The van der Waals surface area contributed by atoms with Crippen molar-refractivity contribution in [3.8, 4) is 5.75 Å². The number of aliphatic hydroxyl groups is 1. The molecule has 1 rings (SSSR count). The molecule has 1 aromatic carbocycles. The Kier molecular flexibility index (Phi) is 3.77. The number of hydrogen-bond acceptors (Lipinski definition) is 2. The molecule has 0 saturated carbocycles. The van der Waals surface area contributed by atoms with Crippen LogP contribution < -0.4 is 4.74 Å². The van der Waals surface area contributed by atoms with Gasteiger partial charge in [-0.1, -0.05) is 32.0 Å². The van der Waals surface area contributed by atoms with Crippen molar-refractivity contribution in [3.05, 3.63) is 29.8 Å². The zero-order valence-electron chi connectivity index (χ0n) is 8.16. The number of para-hydroxylation sites is 1. The average Bonchev–Trinajstić information content (AvgIpc) is 2.15. The van der Waals surface area contributed by atoms with Crippen LogP contribution in [-0.2, 0) is 0 Å². The molecular formula is C11H16O2. The first kappa shape index (κ1) is 10.1. The Morgan fingerprint density at radius 3 is 2.62 bits per heavy atom. The quantitative estimate of drug-likeness (QED) is 0.769. The predicted octanol–water partition coefficient (Wildman–Crippen LogP) is 2.18. The molecule has 13 heavy (non-hydrogen) atoms. The maximum atomic E-state index is 8.63. The number of hydrogen-bond donors (Lipinski definition) is 1. The van der Waals surface area contributed by atoms with Crippen molar-refractivity contribution in [2.45, 2.75) is 19.8 Å². The molecule has 0 fully saturated rings. The van der Waals surface area contributed by atoms with Gasteiger partial charge in [-0.2, -0.15) is 0 Å². The SMILES string of the molecule is CC(C)c1ccccc1OCCO. The van der Waals surface area contributed by atoms with Gasteiger partial charge in [-0.25, -0.2) is 0 Å². The van der Waals surface area contributed by atoms with E-state index in [1.807, 2.05) is 18.2 Å². The van der Waals surface area contributed by atoms with Crippen LogP contribution >= 0.6 is 0 Å². The normalized spacial score (nSPS) is 10.5. The van der Waals surface area contributed by atoms with Crippen molar-refractivity contribution in [1.29, 1.82) is 0 Å². The van der Waals surface area contributed by atoms with E-state index in [0.717, 1.165) is 5.75 Å². The third-order valence-corrected chi connectivity index (χ3v) is 1.89. The van der Waals surface area contributed by atoms with Crippen molar-refractivity contribution in [2.75, 3.05) is 13.2 Å². The van der Waals surface area contributed by atoms with Gasteiger partial charge in [-0.05, 0) is 17.5 Å². The van der Waals surface area contributed by atoms with Gasteiger partial charge in [0, 0.05) is 0 Å². The third kappa shape index (κ3) is 2.74. The topological polar surface area (TPSA) is 29.5 Å². The first-order valence-corrected chi connectivity index (χ1v) is 4.58. The minimum Gasteiger partial charge on any atom is -0.491 e. The van der Waals surface area contributed by atoms with Crippen molar-refractivity contribution >= 4 is 0 Å². The van der Waals surface area contributed by atoms with Crippen molar-refractivity contribution in [1.82, 2.24) is 0 Å². The van der Waals surface area contributed by atoms with E-state index < -0.39 is 0 Å². The molecule has 0 aliphatic rings. The standard InChI is InChI=1S/C11H16O2/c1-9(2)10-5-3-4-6-11(10)13-8-7-12/h3-6,9,12H,7-8H2,1-2H3. The lowest BCUT2D eigenvalue weighted by Gasteiger charge is -2.12. The highest BCUT2D eigenvalue weighted by molar-refractivity contribution is 5.35. The fourth-order valence-corrected chi connectivity index (χ4v) is 1.24. The molecule has 0 heterocycles. The van der Waals surface area contributed by atoms with Gasteiger partial charge < -0.3 is 9.84 Å². The van der Waals surface area contributed by atoms with Crippen LogP contribution in [0, 0.1) is 0 Å². The van der Waals surface area contributed by atoms with E-state index in [9.17, 15) is 0 Å². The van der Waals surface area contributed by atoms with E-state index in [4.69, 9.17) is 9.84 Å². The van der Waals surface area contributed by atoms with E-state index in [1.54, 1.807) is 0 Å². The van der Waals surface area contributed by atoms with Crippen LogP contribution in [0.4, 0.5) is 0 Å². The maximum Gasteiger partial charge on any atom is 0.122 e. The van der Waals surface area contributed by atoms with Gasteiger partial charge in [-0.15, -0.1) is 0 Å². The monoisotopic (exact) mass is 180 g/mol. The molecule has 0 amide bonds. The molecule has 0 aromatic heterocycles. The maximum absolute atomic E-state index is 8.63. The lowest BCUT2D eigenvalue weighted by Crippen LogP contribution is -2.04. The molecule has 0 saturated heterocycles. The first-order chi connectivity index (χ1) is 6.25. The van der Waals surface area contributed by atoms with Crippen LogP contribution in [0.3, 0.4) is 0 Å². The summed E-state index contributed by atoms with van der Waals surface area (Å²) in [6, 6.07) is 7.93. The molecule has 0 atom stereocenters. The molecule has 2 nitrogen and oxygen atoms in total. The molecule has 0 unspecified atom stereocenters.